The van der Waals surface area contributed by atoms with Crippen LogP contribution in [0.1, 0.15) is 64.2 Å². The fraction of sp³-hybridized carbons (Fsp3) is 0.372. The number of carbonyl (C=O) groups excluding carboxylic acids is 4. The molecule has 0 spiro atoms. The minimum Gasteiger partial charge on any atom is -0.497 e. The van der Waals surface area contributed by atoms with Gasteiger partial charge in [0.1, 0.15) is 17.0 Å². The molecule has 0 radical (unpaired) electrons. The summed E-state index contributed by atoms with van der Waals surface area (Å²) in [5.74, 6) is -1.82. The number of anilines is 1. The number of piperazine rings is 1. The molecule has 1 N–H and O–H groups in total. The summed E-state index contributed by atoms with van der Waals surface area (Å²) in [5, 5.41) is 4.43. The predicted octanol–water partition coefficient (Wildman–Crippen LogP) is 6.34. The van der Waals surface area contributed by atoms with Crippen LogP contribution in [0, 0.1) is 12.7 Å². The van der Waals surface area contributed by atoms with Crippen molar-refractivity contribution in [3.05, 3.63) is 98.2 Å². The van der Waals surface area contributed by atoms with Crippen LogP contribution in [0.15, 0.2) is 59.5 Å². The Kier molecular flexibility index (Phi) is 12.6. The molecule has 0 amide bonds. The summed E-state index contributed by atoms with van der Waals surface area (Å²) < 4.78 is 50.6. The minimum absolute atomic E-state index is 0.0363. The summed E-state index contributed by atoms with van der Waals surface area (Å²) in [5.41, 5.74) is 1.68. The van der Waals surface area contributed by atoms with Gasteiger partial charge >= 0.3 is 18.1 Å². The van der Waals surface area contributed by atoms with Crippen molar-refractivity contribution in [1.29, 1.82) is 0 Å². The molecule has 1 atom stereocenters. The molecular formula is C43H44ClFN4O11. The Bertz CT molecular complexity index is 2530. The van der Waals surface area contributed by atoms with E-state index in [0.717, 1.165) is 18.9 Å². The third-order valence-electron chi connectivity index (χ3n) is 10.5. The van der Waals surface area contributed by atoms with E-state index in [0.29, 0.717) is 63.6 Å². The highest BCUT2D eigenvalue weighted by molar-refractivity contribution is 6.30. The van der Waals surface area contributed by atoms with E-state index < -0.39 is 36.1 Å². The topological polar surface area (TPSA) is 166 Å². The first-order chi connectivity index (χ1) is 28.9. The number of fused-ring (bicyclic) bond motifs is 2. The van der Waals surface area contributed by atoms with E-state index in [9.17, 15) is 24.0 Å². The van der Waals surface area contributed by atoms with Crippen molar-refractivity contribution in [3.63, 3.8) is 0 Å². The SMILES string of the molecule is COc1ccc2c(c1)c(CC(=O)OCCCOC(=O)OCOC(=O)c1cn(C3CC3)c3c(OC)c(N4CCNC(C)C4)c(F)cc3c1=O)c(C)n2C(=O)c1ccc(Cl)cc1. The highest BCUT2D eigenvalue weighted by Gasteiger charge is 2.33. The van der Waals surface area contributed by atoms with Crippen LogP contribution in [0.5, 0.6) is 11.5 Å². The van der Waals surface area contributed by atoms with Crippen LogP contribution in [0.25, 0.3) is 21.8 Å². The van der Waals surface area contributed by atoms with E-state index in [1.54, 1.807) is 54.0 Å². The maximum atomic E-state index is 15.8. The van der Waals surface area contributed by atoms with Gasteiger partial charge in [0.05, 0.1) is 50.3 Å². The van der Waals surface area contributed by atoms with Gasteiger partial charge in [-0.3, -0.25) is 19.0 Å². The predicted molar refractivity (Wildman–Crippen MR) is 219 cm³/mol. The van der Waals surface area contributed by atoms with Gasteiger partial charge in [-0.25, -0.2) is 14.0 Å². The molecule has 3 heterocycles. The lowest BCUT2D eigenvalue weighted by atomic mass is 10.1. The number of esters is 2. The number of benzene rings is 3. The molecule has 60 heavy (non-hydrogen) atoms. The maximum Gasteiger partial charge on any atom is 0.511 e. The molecule has 2 aliphatic rings. The Morgan fingerprint density at radius 3 is 2.38 bits per heavy atom. The van der Waals surface area contributed by atoms with Crippen LogP contribution in [0.4, 0.5) is 14.9 Å². The number of nitrogens with one attached hydrogen (secondary N) is 1. The quantitative estimate of drug-likeness (QED) is 0.0570. The van der Waals surface area contributed by atoms with E-state index >= 15 is 4.39 Å². The maximum absolute atomic E-state index is 15.8. The second kappa shape index (κ2) is 18.0. The van der Waals surface area contributed by atoms with E-state index in [1.165, 1.54) is 25.0 Å². The van der Waals surface area contributed by atoms with Crippen molar-refractivity contribution in [3.8, 4) is 11.5 Å². The van der Waals surface area contributed by atoms with Gasteiger partial charge in [0, 0.05) is 66.0 Å². The Morgan fingerprint density at radius 2 is 1.68 bits per heavy atom. The van der Waals surface area contributed by atoms with Crippen LogP contribution in [-0.2, 0) is 30.2 Å². The normalized spacial score (nSPS) is 15.2. The van der Waals surface area contributed by atoms with Crippen molar-refractivity contribution in [2.24, 2.45) is 0 Å². The molecule has 15 nitrogen and oxygen atoms in total. The van der Waals surface area contributed by atoms with Crippen LogP contribution >= 0.6 is 11.6 Å². The number of hydrogen-bond acceptors (Lipinski definition) is 13. The summed E-state index contributed by atoms with van der Waals surface area (Å²) in [4.78, 5) is 67.4. The molecule has 2 fully saturated rings. The van der Waals surface area contributed by atoms with Crippen molar-refractivity contribution in [1.82, 2.24) is 14.5 Å². The molecule has 5 aromatic rings. The Balaban J connectivity index is 0.921. The summed E-state index contributed by atoms with van der Waals surface area (Å²) in [6.45, 7) is 4.33. The number of methoxy groups -OCH3 is 2. The smallest absolute Gasteiger partial charge is 0.497 e. The summed E-state index contributed by atoms with van der Waals surface area (Å²) >= 11 is 6.02. The highest BCUT2D eigenvalue weighted by Crippen LogP contribution is 2.44. The first-order valence-corrected chi connectivity index (χ1v) is 19.8. The molecule has 0 bridgehead atoms. The van der Waals surface area contributed by atoms with Gasteiger partial charge in [-0.1, -0.05) is 11.6 Å². The number of hydrogen-bond donors (Lipinski definition) is 1. The number of nitrogens with zero attached hydrogens (tertiary/aromatic N) is 3. The molecule has 17 heteroatoms. The zero-order valence-electron chi connectivity index (χ0n) is 33.5. The van der Waals surface area contributed by atoms with Gasteiger partial charge in [-0.2, -0.15) is 0 Å². The van der Waals surface area contributed by atoms with Crippen LogP contribution in [0.3, 0.4) is 0 Å². The van der Waals surface area contributed by atoms with Gasteiger partial charge in [-0.15, -0.1) is 0 Å². The van der Waals surface area contributed by atoms with E-state index in [-0.39, 0.29) is 66.4 Å². The monoisotopic (exact) mass is 846 g/mol. The van der Waals surface area contributed by atoms with Crippen LogP contribution in [-0.4, -0.2) is 93.0 Å². The fourth-order valence-corrected chi connectivity index (χ4v) is 7.62. The summed E-state index contributed by atoms with van der Waals surface area (Å²) in [6, 6.07) is 12.9. The van der Waals surface area contributed by atoms with Crippen molar-refractivity contribution in [2.75, 3.05) is 58.8 Å². The number of pyridine rings is 1. The Morgan fingerprint density at radius 1 is 0.933 bits per heavy atom. The van der Waals surface area contributed by atoms with Gasteiger partial charge in [-0.05, 0) is 80.8 Å². The molecule has 316 valence electrons. The Hall–Kier alpha value is -6.13. The molecule has 1 aliphatic carbocycles. The summed E-state index contributed by atoms with van der Waals surface area (Å²) in [6.07, 6.45) is 1.77. The summed E-state index contributed by atoms with van der Waals surface area (Å²) in [7, 11) is 2.94. The molecule has 1 aliphatic heterocycles. The van der Waals surface area contributed by atoms with Crippen molar-refractivity contribution in [2.45, 2.75) is 51.6 Å². The number of halogens is 2. The largest absolute Gasteiger partial charge is 0.511 e. The van der Waals surface area contributed by atoms with E-state index in [2.05, 4.69) is 5.32 Å². The molecule has 1 saturated carbocycles. The van der Waals surface area contributed by atoms with Crippen LogP contribution in [0.2, 0.25) is 5.02 Å². The lowest BCUT2D eigenvalue weighted by molar-refractivity contribution is -0.143. The zero-order valence-corrected chi connectivity index (χ0v) is 34.3. The average molecular weight is 847 g/mol. The number of ether oxygens (including phenoxy) is 6. The molecule has 2 aromatic heterocycles. The van der Waals surface area contributed by atoms with E-state index in [1.807, 2.05) is 11.8 Å². The van der Waals surface area contributed by atoms with Crippen molar-refractivity contribution < 1.29 is 52.0 Å². The third kappa shape index (κ3) is 8.75. The van der Waals surface area contributed by atoms with E-state index in [4.69, 9.17) is 40.0 Å². The van der Waals surface area contributed by atoms with Crippen LogP contribution < -0.4 is 25.1 Å². The minimum atomic E-state index is -1.16. The lowest BCUT2D eigenvalue weighted by Gasteiger charge is -2.35. The van der Waals surface area contributed by atoms with Gasteiger partial charge in [0.15, 0.2) is 11.6 Å². The second-order valence-corrected chi connectivity index (χ2v) is 15.0. The molecule has 3 aromatic carbocycles. The highest BCUT2D eigenvalue weighted by atomic mass is 35.5. The lowest BCUT2D eigenvalue weighted by Crippen LogP contribution is -2.49. The Labute approximate surface area is 348 Å². The first kappa shape index (κ1) is 42.0. The molecule has 1 unspecified atom stereocenters. The number of aromatic nitrogens is 2. The van der Waals surface area contributed by atoms with Gasteiger partial charge in [0.25, 0.3) is 5.91 Å². The van der Waals surface area contributed by atoms with Gasteiger partial charge in [0.2, 0.25) is 12.2 Å². The number of rotatable bonds is 14. The molecule has 7 rings (SSSR count). The molecular weight excluding hydrogens is 803 g/mol. The number of carbonyl (C=O) groups is 4. The molecule has 1 saturated heterocycles. The fourth-order valence-electron chi connectivity index (χ4n) is 7.49. The van der Waals surface area contributed by atoms with Crippen molar-refractivity contribution >= 4 is 63.1 Å². The zero-order chi connectivity index (χ0) is 42.7. The standard InChI is InChI=1S/C43H44ClFN4O11/c1-24-21-47(15-14-46-24)38-34(45)19-32-37(40(38)56-4)48(28-10-11-28)22-33(39(32)51)42(53)59-23-60-43(54)58-17-5-16-57-36(50)20-30-25(2)49(35-13-12-29(55-3)18-31(30)35)41(52)26-6-8-27(44)9-7-26/h6-9,12-13,18-19,22,24,28,46H,5,10-11,14-17,20-21,23H2,1-4H3. The third-order valence-corrected chi connectivity index (χ3v) is 10.8. The van der Waals surface area contributed by atoms with Gasteiger partial charge < -0.3 is 43.2 Å². The second-order valence-electron chi connectivity index (χ2n) is 14.6. The first-order valence-electron chi connectivity index (χ1n) is 19.4. The average Bonchev–Trinajstić information content (AvgIpc) is 4.05.